The van der Waals surface area contributed by atoms with Gasteiger partial charge in [0.2, 0.25) is 0 Å². The third-order valence-electron chi connectivity index (χ3n) is 2.50. The third-order valence-corrected chi connectivity index (χ3v) is 2.50. The first kappa shape index (κ1) is 16.0. The number of nitrogens with one attached hydrogen (secondary N) is 1. The third kappa shape index (κ3) is 7.85. The summed E-state index contributed by atoms with van der Waals surface area (Å²) in [6.45, 7) is 12.5. The summed E-state index contributed by atoms with van der Waals surface area (Å²) >= 11 is 0. The van der Waals surface area contributed by atoms with E-state index < -0.39 is 0 Å². The summed E-state index contributed by atoms with van der Waals surface area (Å²) in [6.07, 6.45) is 0. The molecule has 0 aliphatic heterocycles. The van der Waals surface area contributed by atoms with Crippen molar-refractivity contribution in [2.75, 3.05) is 13.2 Å². The van der Waals surface area contributed by atoms with Gasteiger partial charge in [-0.15, -0.1) is 0 Å². The van der Waals surface area contributed by atoms with E-state index in [1.807, 2.05) is 32.9 Å². The highest BCUT2D eigenvalue weighted by Crippen LogP contribution is 2.14. The Morgan fingerprint density at radius 3 is 2.53 bits per heavy atom. The number of hydrogen-bond donors (Lipinski definition) is 1. The molecule has 19 heavy (non-hydrogen) atoms. The zero-order valence-corrected chi connectivity index (χ0v) is 12.8. The maximum absolute atomic E-state index is 5.70. The molecule has 0 bridgehead atoms. The first-order valence-corrected chi connectivity index (χ1v) is 6.96. The molecule has 0 amide bonds. The zero-order valence-electron chi connectivity index (χ0n) is 12.8. The second kappa shape index (κ2) is 7.51. The van der Waals surface area contributed by atoms with Crippen molar-refractivity contribution in [3.63, 3.8) is 0 Å². The van der Waals surface area contributed by atoms with E-state index in [1.165, 1.54) is 5.56 Å². The fourth-order valence-electron chi connectivity index (χ4n) is 1.57. The van der Waals surface area contributed by atoms with Gasteiger partial charge in [0.1, 0.15) is 12.4 Å². The Bertz CT molecular complexity index is 369. The van der Waals surface area contributed by atoms with Crippen LogP contribution >= 0.6 is 0 Å². The van der Waals surface area contributed by atoms with Gasteiger partial charge in [-0.3, -0.25) is 0 Å². The van der Waals surface area contributed by atoms with Crippen LogP contribution < -0.4 is 10.1 Å². The highest BCUT2D eigenvalue weighted by Gasteiger charge is 2.09. The maximum Gasteiger partial charge on any atom is 0.119 e. The van der Waals surface area contributed by atoms with E-state index in [0.717, 1.165) is 12.3 Å². The Labute approximate surface area is 117 Å². The van der Waals surface area contributed by atoms with Crippen LogP contribution in [0.15, 0.2) is 24.3 Å². The topological polar surface area (TPSA) is 30.5 Å². The quantitative estimate of drug-likeness (QED) is 0.767. The number of benzene rings is 1. The van der Waals surface area contributed by atoms with E-state index in [0.29, 0.717) is 19.3 Å². The van der Waals surface area contributed by atoms with Crippen LogP contribution in [0.1, 0.15) is 40.2 Å². The van der Waals surface area contributed by atoms with Gasteiger partial charge in [0, 0.05) is 12.6 Å². The van der Waals surface area contributed by atoms with E-state index >= 15 is 0 Å². The summed E-state index contributed by atoms with van der Waals surface area (Å²) in [5.41, 5.74) is 1.13. The SMILES string of the molecule is CC(C)NCc1cccc(OCCOC(C)(C)C)c1. The Hall–Kier alpha value is -1.06. The molecule has 0 atom stereocenters. The Kier molecular flexibility index (Phi) is 6.32. The highest BCUT2D eigenvalue weighted by atomic mass is 16.5. The van der Waals surface area contributed by atoms with Crippen molar-refractivity contribution in [2.45, 2.75) is 52.8 Å². The van der Waals surface area contributed by atoms with E-state index in [9.17, 15) is 0 Å². The molecule has 1 aromatic rings. The lowest BCUT2D eigenvalue weighted by Crippen LogP contribution is -2.22. The van der Waals surface area contributed by atoms with Gasteiger partial charge in [0.25, 0.3) is 0 Å². The molecule has 0 saturated carbocycles. The van der Waals surface area contributed by atoms with Crippen LogP contribution in [0, 0.1) is 0 Å². The summed E-state index contributed by atoms with van der Waals surface area (Å²) in [7, 11) is 0. The molecule has 0 aliphatic carbocycles. The largest absolute Gasteiger partial charge is 0.491 e. The standard InChI is InChI=1S/C16H27NO2/c1-13(2)17-12-14-7-6-8-15(11-14)18-9-10-19-16(3,4)5/h6-8,11,13,17H,9-10,12H2,1-5H3. The molecule has 1 aromatic carbocycles. The second-order valence-electron chi connectivity index (χ2n) is 5.99. The van der Waals surface area contributed by atoms with Crippen LogP contribution in [0.4, 0.5) is 0 Å². The van der Waals surface area contributed by atoms with Crippen molar-refractivity contribution < 1.29 is 9.47 Å². The van der Waals surface area contributed by atoms with Gasteiger partial charge < -0.3 is 14.8 Å². The van der Waals surface area contributed by atoms with Gasteiger partial charge in [0.15, 0.2) is 0 Å². The molecule has 0 aromatic heterocycles. The van der Waals surface area contributed by atoms with Crippen LogP contribution in [0.25, 0.3) is 0 Å². The molecule has 0 unspecified atom stereocenters. The van der Waals surface area contributed by atoms with E-state index in [-0.39, 0.29) is 5.60 Å². The predicted octanol–water partition coefficient (Wildman–Crippen LogP) is 3.38. The van der Waals surface area contributed by atoms with Crippen molar-refractivity contribution in [3.8, 4) is 5.75 Å². The second-order valence-corrected chi connectivity index (χ2v) is 5.99. The summed E-state index contributed by atoms with van der Waals surface area (Å²) < 4.78 is 11.3. The smallest absolute Gasteiger partial charge is 0.119 e. The molecular weight excluding hydrogens is 238 g/mol. The van der Waals surface area contributed by atoms with Crippen molar-refractivity contribution in [1.82, 2.24) is 5.32 Å². The minimum absolute atomic E-state index is 0.105. The van der Waals surface area contributed by atoms with Crippen LogP contribution in [0.2, 0.25) is 0 Å². The Balaban J connectivity index is 2.35. The van der Waals surface area contributed by atoms with Gasteiger partial charge in [-0.25, -0.2) is 0 Å². The van der Waals surface area contributed by atoms with Gasteiger partial charge in [-0.2, -0.15) is 0 Å². The number of hydrogen-bond acceptors (Lipinski definition) is 3. The van der Waals surface area contributed by atoms with Crippen molar-refractivity contribution in [2.24, 2.45) is 0 Å². The Morgan fingerprint density at radius 2 is 1.89 bits per heavy atom. The highest BCUT2D eigenvalue weighted by molar-refractivity contribution is 5.28. The fraction of sp³-hybridized carbons (Fsp3) is 0.625. The fourth-order valence-corrected chi connectivity index (χ4v) is 1.57. The molecule has 1 N–H and O–H groups in total. The summed E-state index contributed by atoms with van der Waals surface area (Å²) in [4.78, 5) is 0. The van der Waals surface area contributed by atoms with Crippen molar-refractivity contribution in [1.29, 1.82) is 0 Å². The van der Waals surface area contributed by atoms with Crippen LogP contribution in [-0.2, 0) is 11.3 Å². The first-order chi connectivity index (χ1) is 8.87. The zero-order chi connectivity index (χ0) is 14.3. The minimum atomic E-state index is -0.105. The van der Waals surface area contributed by atoms with Gasteiger partial charge in [-0.05, 0) is 38.5 Å². The minimum Gasteiger partial charge on any atom is -0.491 e. The number of ether oxygens (including phenoxy) is 2. The van der Waals surface area contributed by atoms with Crippen LogP contribution in [0.5, 0.6) is 5.75 Å². The summed E-state index contributed by atoms with van der Waals surface area (Å²) in [6, 6.07) is 8.68. The Morgan fingerprint density at radius 1 is 1.16 bits per heavy atom. The van der Waals surface area contributed by atoms with Crippen LogP contribution in [-0.4, -0.2) is 24.9 Å². The van der Waals surface area contributed by atoms with Gasteiger partial charge in [0.05, 0.1) is 12.2 Å². The lowest BCUT2D eigenvalue weighted by atomic mass is 10.2. The predicted molar refractivity (Wildman–Crippen MR) is 79.6 cm³/mol. The van der Waals surface area contributed by atoms with Gasteiger partial charge in [-0.1, -0.05) is 26.0 Å². The van der Waals surface area contributed by atoms with E-state index in [1.54, 1.807) is 0 Å². The van der Waals surface area contributed by atoms with E-state index in [4.69, 9.17) is 9.47 Å². The number of rotatable bonds is 7. The van der Waals surface area contributed by atoms with Gasteiger partial charge >= 0.3 is 0 Å². The maximum atomic E-state index is 5.70. The molecule has 3 heteroatoms. The molecule has 0 spiro atoms. The van der Waals surface area contributed by atoms with E-state index in [2.05, 4.69) is 31.3 Å². The molecule has 3 nitrogen and oxygen atoms in total. The lowest BCUT2D eigenvalue weighted by Gasteiger charge is -2.19. The van der Waals surface area contributed by atoms with Crippen molar-refractivity contribution in [3.05, 3.63) is 29.8 Å². The van der Waals surface area contributed by atoms with Crippen LogP contribution in [0.3, 0.4) is 0 Å². The summed E-state index contributed by atoms with van der Waals surface area (Å²) in [5.74, 6) is 0.903. The average Bonchev–Trinajstić information content (AvgIpc) is 2.32. The monoisotopic (exact) mass is 265 g/mol. The lowest BCUT2D eigenvalue weighted by molar-refractivity contribution is -0.0163. The molecular formula is C16H27NO2. The molecule has 0 radical (unpaired) electrons. The summed E-state index contributed by atoms with van der Waals surface area (Å²) in [5, 5.41) is 3.40. The molecule has 0 saturated heterocycles. The molecule has 1 rings (SSSR count). The molecule has 0 heterocycles. The first-order valence-electron chi connectivity index (χ1n) is 6.96. The average molecular weight is 265 g/mol. The van der Waals surface area contributed by atoms with Crippen molar-refractivity contribution >= 4 is 0 Å². The molecule has 0 aliphatic rings. The molecule has 108 valence electrons. The normalized spacial score (nSPS) is 11.9. The molecule has 0 fully saturated rings.